The Labute approximate surface area is 159 Å². The monoisotopic (exact) mass is 366 g/mol. The molecule has 5 heteroatoms. The molecule has 2 aliphatic heterocycles. The fourth-order valence-corrected chi connectivity index (χ4v) is 4.14. The summed E-state index contributed by atoms with van der Waals surface area (Å²) in [6, 6.07) is 13.7. The average Bonchev–Trinajstić information content (AvgIpc) is 2.73. The van der Waals surface area contributed by atoms with E-state index in [-0.39, 0.29) is 5.41 Å². The lowest BCUT2D eigenvalue weighted by atomic mass is 9.75. The zero-order valence-electron chi connectivity index (χ0n) is 16.7. The number of nitrogens with zero attached hydrogens (tertiary/aromatic N) is 2. The van der Waals surface area contributed by atoms with Crippen molar-refractivity contribution in [1.82, 2.24) is 0 Å². The number of fused-ring (bicyclic) bond motifs is 2. The molecule has 2 heterocycles. The van der Waals surface area contributed by atoms with Crippen molar-refractivity contribution < 1.29 is 14.3 Å². The molecule has 0 aromatic heterocycles. The molecule has 140 valence electrons. The van der Waals surface area contributed by atoms with Gasteiger partial charge in [-0.2, -0.15) is 0 Å². The van der Waals surface area contributed by atoms with Crippen LogP contribution in [-0.2, 0) is 5.41 Å². The molecule has 0 atom stereocenters. The van der Waals surface area contributed by atoms with E-state index in [0.29, 0.717) is 5.56 Å². The van der Waals surface area contributed by atoms with Crippen molar-refractivity contribution in [3.8, 4) is 11.5 Å². The van der Waals surface area contributed by atoms with Crippen LogP contribution in [0.5, 0.6) is 11.5 Å². The second-order valence-corrected chi connectivity index (χ2v) is 9.12. The molecule has 0 aliphatic carbocycles. The molecular weight excluding hydrogens is 340 g/mol. The number of benzene rings is 2. The minimum Gasteiger partial charge on any atom is -0.457 e. The predicted octanol–water partition coefficient (Wildman–Crippen LogP) is 5.25. The molecule has 5 nitrogen and oxygen atoms in total. The van der Waals surface area contributed by atoms with E-state index in [2.05, 4.69) is 19.9 Å². The van der Waals surface area contributed by atoms with Gasteiger partial charge in [-0.15, -0.1) is 0 Å². The highest BCUT2D eigenvalue weighted by Crippen LogP contribution is 2.50. The van der Waals surface area contributed by atoms with Crippen LogP contribution in [0.3, 0.4) is 0 Å². The van der Waals surface area contributed by atoms with E-state index < -0.39 is 17.2 Å². The third-order valence-corrected chi connectivity index (χ3v) is 6.80. The van der Waals surface area contributed by atoms with Gasteiger partial charge in [-0.3, -0.25) is 0 Å². The normalized spacial score (nSPS) is 22.1. The summed E-state index contributed by atoms with van der Waals surface area (Å²) >= 11 is 0. The number of ether oxygens (including phenoxy) is 1. The highest BCUT2D eigenvalue weighted by molar-refractivity contribution is 5.57. The molecule has 1 fully saturated rings. The topological polar surface area (TPSA) is 49.4 Å². The first-order valence-corrected chi connectivity index (χ1v) is 9.34. The van der Waals surface area contributed by atoms with E-state index in [4.69, 9.17) is 4.74 Å². The lowest BCUT2D eigenvalue weighted by molar-refractivity contribution is -0.764. The van der Waals surface area contributed by atoms with Gasteiger partial charge in [-0.1, -0.05) is 32.0 Å². The Balaban J connectivity index is 1.84. The molecule has 2 aromatic carbocycles. The minimum absolute atomic E-state index is 0.286. The van der Waals surface area contributed by atoms with Gasteiger partial charge in [0.25, 0.3) is 11.1 Å². The van der Waals surface area contributed by atoms with E-state index in [1.165, 1.54) is 0 Å². The molecule has 1 saturated heterocycles. The molecule has 0 radical (unpaired) electrons. The summed E-state index contributed by atoms with van der Waals surface area (Å²) in [6.45, 7) is 11.6. The Kier molecular flexibility index (Phi) is 3.46. The Bertz CT molecular complexity index is 963. The van der Waals surface area contributed by atoms with Crippen LogP contribution in [0, 0.1) is 9.81 Å². The summed E-state index contributed by atoms with van der Waals surface area (Å²) in [4.78, 5) is 26.1. The highest BCUT2D eigenvalue weighted by atomic mass is 16.5. The van der Waals surface area contributed by atoms with Gasteiger partial charge in [0.1, 0.15) is 17.1 Å². The zero-order valence-corrected chi connectivity index (χ0v) is 16.7. The molecule has 0 bridgehead atoms. The maximum absolute atomic E-state index is 13.0. The van der Waals surface area contributed by atoms with Crippen LogP contribution < -0.4 is 4.74 Å². The van der Waals surface area contributed by atoms with Crippen LogP contribution in [-0.4, -0.2) is 20.6 Å². The fraction of sp³-hybridized carbons (Fsp3) is 0.455. The molecule has 2 aromatic rings. The highest BCUT2D eigenvalue weighted by Gasteiger charge is 2.75. The maximum atomic E-state index is 13.0. The van der Waals surface area contributed by atoms with E-state index in [1.807, 2.05) is 64.1 Å². The Morgan fingerprint density at radius 2 is 1.33 bits per heavy atom. The van der Waals surface area contributed by atoms with Crippen LogP contribution in [0.25, 0.3) is 0 Å². The largest absolute Gasteiger partial charge is 0.458 e. The smallest absolute Gasteiger partial charge is 0.457 e. The lowest BCUT2D eigenvalue weighted by Gasteiger charge is -2.34. The van der Waals surface area contributed by atoms with Crippen molar-refractivity contribution in [1.29, 1.82) is 0 Å². The summed E-state index contributed by atoms with van der Waals surface area (Å²) < 4.78 is 7.96. The second-order valence-electron chi connectivity index (χ2n) is 9.12. The van der Waals surface area contributed by atoms with Crippen LogP contribution in [0.4, 0.5) is 0 Å². The van der Waals surface area contributed by atoms with E-state index >= 15 is 0 Å². The quantitative estimate of drug-likeness (QED) is 0.648. The van der Waals surface area contributed by atoms with Gasteiger partial charge in [-0.25, -0.2) is 0 Å². The molecule has 27 heavy (non-hydrogen) atoms. The van der Waals surface area contributed by atoms with E-state index in [1.54, 1.807) is 0 Å². The number of hydrogen-bond donors (Lipinski definition) is 0. The van der Waals surface area contributed by atoms with Crippen molar-refractivity contribution in [2.45, 2.75) is 64.2 Å². The van der Waals surface area contributed by atoms with Gasteiger partial charge in [0, 0.05) is 54.1 Å². The Hall–Kier alpha value is -2.56. The van der Waals surface area contributed by atoms with Crippen molar-refractivity contribution in [3.05, 3.63) is 69.0 Å². The van der Waals surface area contributed by atoms with E-state index in [0.717, 1.165) is 32.1 Å². The van der Waals surface area contributed by atoms with Gasteiger partial charge in [0.2, 0.25) is 0 Å². The van der Waals surface area contributed by atoms with Crippen molar-refractivity contribution in [3.63, 3.8) is 0 Å². The van der Waals surface area contributed by atoms with Crippen molar-refractivity contribution in [2.24, 2.45) is 0 Å². The van der Waals surface area contributed by atoms with Crippen LogP contribution in [0.2, 0.25) is 0 Å². The first kappa shape index (κ1) is 17.8. The SMILES string of the molecule is CC1(C)c2ccccc2Oc2ccc(C3[N+](=O)C(C)(C)C(C)(C)[N+]3=O)cc21. The van der Waals surface area contributed by atoms with Crippen LogP contribution >= 0.6 is 0 Å². The first-order valence-electron chi connectivity index (χ1n) is 9.34. The summed E-state index contributed by atoms with van der Waals surface area (Å²) in [5, 5.41) is 0. The third kappa shape index (κ3) is 2.17. The fourth-order valence-electron chi connectivity index (χ4n) is 4.14. The van der Waals surface area contributed by atoms with Gasteiger partial charge in [0.05, 0.1) is 9.52 Å². The molecule has 2 aliphatic rings. The molecular formula is C22H26N2O3+2. The lowest BCUT2D eigenvalue weighted by Crippen LogP contribution is -2.48. The van der Waals surface area contributed by atoms with E-state index in [9.17, 15) is 9.81 Å². The molecule has 0 spiro atoms. The van der Waals surface area contributed by atoms with Crippen molar-refractivity contribution >= 4 is 0 Å². The van der Waals surface area contributed by atoms with Gasteiger partial charge in [-0.05, 0) is 24.3 Å². The standard InChI is InChI=1S/C22H26N2O3/c1-20(2)15-9-7-8-10-17(15)27-18-12-11-14(13-16(18)20)19-23(25)21(3,4)22(5,6)24(19)26/h7-13,19H,1-6H3/q+2. The minimum atomic E-state index is -0.867. The number of hydrogen-bond acceptors (Lipinski definition) is 3. The molecule has 0 unspecified atom stereocenters. The average molecular weight is 366 g/mol. The Morgan fingerprint density at radius 3 is 1.96 bits per heavy atom. The number of nitroso groups, excluding NO2 is 2. The summed E-state index contributed by atoms with van der Waals surface area (Å²) in [5.74, 6) is 1.62. The molecule has 0 N–H and O–H groups in total. The second kappa shape index (κ2) is 5.24. The number of para-hydroxylation sites is 1. The predicted molar refractivity (Wildman–Crippen MR) is 103 cm³/mol. The molecule has 4 rings (SSSR count). The van der Waals surface area contributed by atoms with Gasteiger partial charge >= 0.3 is 6.17 Å². The summed E-state index contributed by atoms with van der Waals surface area (Å²) in [7, 11) is 0. The van der Waals surface area contributed by atoms with Crippen LogP contribution in [0.1, 0.15) is 64.4 Å². The Morgan fingerprint density at radius 1 is 0.778 bits per heavy atom. The summed E-state index contributed by atoms with van der Waals surface area (Å²) in [6.07, 6.45) is -0.867. The summed E-state index contributed by atoms with van der Waals surface area (Å²) in [5.41, 5.74) is 0.906. The first-order chi connectivity index (χ1) is 12.5. The van der Waals surface area contributed by atoms with Gasteiger partial charge in [0.15, 0.2) is 0 Å². The maximum Gasteiger partial charge on any atom is 0.458 e. The molecule has 0 amide bonds. The third-order valence-electron chi connectivity index (χ3n) is 6.80. The van der Waals surface area contributed by atoms with Crippen molar-refractivity contribution in [2.75, 3.05) is 0 Å². The zero-order chi connectivity index (χ0) is 19.8. The molecule has 0 saturated carbocycles. The van der Waals surface area contributed by atoms with Gasteiger partial charge < -0.3 is 4.74 Å². The number of rotatable bonds is 1. The van der Waals surface area contributed by atoms with Crippen LogP contribution in [0.15, 0.2) is 42.5 Å².